The number of halogens is 1. The Hall–Kier alpha value is -1.40. The third-order valence-electron chi connectivity index (χ3n) is 4.61. The van der Waals surface area contributed by atoms with Crippen LogP contribution in [0.5, 0.6) is 0 Å². The molecule has 0 bridgehead atoms. The number of nitrogens with two attached hydrogens (primary N) is 1. The van der Waals surface area contributed by atoms with Gasteiger partial charge in [0.25, 0.3) is 0 Å². The number of hydrogen-bond acceptors (Lipinski definition) is 3. The Kier molecular flexibility index (Phi) is 5.71. The minimum atomic E-state index is -3.52. The van der Waals surface area contributed by atoms with Gasteiger partial charge in [-0.25, -0.2) is 8.42 Å². The summed E-state index contributed by atoms with van der Waals surface area (Å²) in [5.41, 5.74) is 7.34. The molecule has 6 heteroatoms. The summed E-state index contributed by atoms with van der Waals surface area (Å²) in [6.07, 6.45) is 0.802. The molecule has 4 nitrogen and oxygen atoms in total. The van der Waals surface area contributed by atoms with Gasteiger partial charge < -0.3 is 5.73 Å². The Morgan fingerprint density at radius 1 is 1.08 bits per heavy atom. The molecule has 0 spiro atoms. The number of sulfonamides is 1. The van der Waals surface area contributed by atoms with Crippen LogP contribution in [0, 0.1) is 5.41 Å². The predicted octanol–water partition coefficient (Wildman–Crippen LogP) is 3.13. The third kappa shape index (κ3) is 3.49. The number of nitrogens with zero attached hydrogens (tertiary/aromatic N) is 1. The average molecular weight is 367 g/mol. The monoisotopic (exact) mass is 366 g/mol. The van der Waals surface area contributed by atoms with E-state index in [1.165, 1.54) is 0 Å². The zero-order valence-corrected chi connectivity index (χ0v) is 15.3. The minimum Gasteiger partial charge on any atom is -0.330 e. The first-order chi connectivity index (χ1) is 11.0. The predicted molar refractivity (Wildman–Crippen MR) is 99.7 cm³/mol. The Labute approximate surface area is 150 Å². The first-order valence-corrected chi connectivity index (χ1v) is 9.25. The molecule has 2 aromatic carbocycles. The van der Waals surface area contributed by atoms with Gasteiger partial charge in [0.2, 0.25) is 10.0 Å². The van der Waals surface area contributed by atoms with Crippen molar-refractivity contribution in [3.63, 3.8) is 0 Å². The SMILES string of the molecule is CC1(CN)CCN(S(=O)(=O)c2ccccc2-c2ccccc2)C1.Cl. The summed E-state index contributed by atoms with van der Waals surface area (Å²) < 4.78 is 27.8. The van der Waals surface area contributed by atoms with E-state index in [-0.39, 0.29) is 17.8 Å². The van der Waals surface area contributed by atoms with Gasteiger partial charge in [0.1, 0.15) is 0 Å². The lowest BCUT2D eigenvalue weighted by molar-refractivity contribution is 0.350. The molecule has 2 aromatic rings. The zero-order valence-electron chi connectivity index (χ0n) is 13.7. The number of hydrogen-bond donors (Lipinski definition) is 1. The molecule has 1 aliphatic rings. The Morgan fingerprint density at radius 3 is 2.33 bits per heavy atom. The summed E-state index contributed by atoms with van der Waals surface area (Å²) in [5.74, 6) is 0. The summed E-state index contributed by atoms with van der Waals surface area (Å²) in [6.45, 7) is 3.55. The van der Waals surface area contributed by atoms with Crippen LogP contribution in [-0.4, -0.2) is 32.4 Å². The molecule has 0 aliphatic carbocycles. The normalized spacial score (nSPS) is 21.4. The molecular formula is C18H23ClN2O2S. The summed E-state index contributed by atoms with van der Waals surface area (Å²) in [5, 5.41) is 0. The second-order valence-corrected chi connectivity index (χ2v) is 8.37. The second kappa shape index (κ2) is 7.23. The van der Waals surface area contributed by atoms with Crippen LogP contribution in [0.3, 0.4) is 0 Å². The fraction of sp³-hybridized carbons (Fsp3) is 0.333. The van der Waals surface area contributed by atoms with E-state index in [1.54, 1.807) is 16.4 Å². The Morgan fingerprint density at radius 2 is 1.71 bits per heavy atom. The lowest BCUT2D eigenvalue weighted by Crippen LogP contribution is -2.34. The van der Waals surface area contributed by atoms with Gasteiger partial charge in [0.05, 0.1) is 4.90 Å². The zero-order chi connectivity index (χ0) is 16.5. The fourth-order valence-electron chi connectivity index (χ4n) is 3.04. The van der Waals surface area contributed by atoms with E-state index in [1.807, 2.05) is 49.4 Å². The van der Waals surface area contributed by atoms with Gasteiger partial charge in [0, 0.05) is 18.7 Å². The van der Waals surface area contributed by atoms with E-state index in [2.05, 4.69) is 0 Å². The first kappa shape index (κ1) is 18.9. The molecular weight excluding hydrogens is 344 g/mol. The fourth-order valence-corrected chi connectivity index (χ4v) is 4.84. The maximum absolute atomic E-state index is 13.1. The molecule has 3 rings (SSSR count). The van der Waals surface area contributed by atoms with E-state index in [0.29, 0.717) is 24.5 Å². The summed E-state index contributed by atoms with van der Waals surface area (Å²) in [7, 11) is -3.52. The van der Waals surface area contributed by atoms with Gasteiger partial charge >= 0.3 is 0 Å². The van der Waals surface area contributed by atoms with Crippen LogP contribution in [0.2, 0.25) is 0 Å². The molecule has 24 heavy (non-hydrogen) atoms. The first-order valence-electron chi connectivity index (χ1n) is 7.81. The summed E-state index contributed by atoms with van der Waals surface area (Å²) >= 11 is 0. The Balaban J connectivity index is 0.00000208. The van der Waals surface area contributed by atoms with Crippen molar-refractivity contribution in [1.29, 1.82) is 0 Å². The lowest BCUT2D eigenvalue weighted by Gasteiger charge is -2.23. The smallest absolute Gasteiger partial charge is 0.243 e. The minimum absolute atomic E-state index is 0. The van der Waals surface area contributed by atoms with Crippen LogP contribution in [0.15, 0.2) is 59.5 Å². The van der Waals surface area contributed by atoms with Gasteiger partial charge in [0.15, 0.2) is 0 Å². The van der Waals surface area contributed by atoms with E-state index in [4.69, 9.17) is 5.73 Å². The standard InChI is InChI=1S/C18H22N2O2S.ClH/c1-18(13-19)11-12-20(14-18)23(21,22)17-10-6-5-9-16(17)15-7-3-2-4-8-15;/h2-10H,11-14,19H2,1H3;1H. The van der Waals surface area contributed by atoms with Crippen molar-refractivity contribution in [3.8, 4) is 11.1 Å². The van der Waals surface area contributed by atoms with Crippen LogP contribution < -0.4 is 5.73 Å². The molecule has 1 heterocycles. The number of benzene rings is 2. The van der Waals surface area contributed by atoms with Crippen molar-refractivity contribution in [1.82, 2.24) is 4.31 Å². The van der Waals surface area contributed by atoms with Crippen molar-refractivity contribution in [3.05, 3.63) is 54.6 Å². The van der Waals surface area contributed by atoms with Crippen LogP contribution in [0.1, 0.15) is 13.3 Å². The molecule has 1 atom stereocenters. The van der Waals surface area contributed by atoms with E-state index in [9.17, 15) is 8.42 Å². The van der Waals surface area contributed by atoms with Crippen molar-refractivity contribution in [2.45, 2.75) is 18.2 Å². The Bertz CT molecular complexity index is 796. The molecule has 0 amide bonds. The molecule has 1 fully saturated rings. The highest BCUT2D eigenvalue weighted by molar-refractivity contribution is 7.89. The van der Waals surface area contributed by atoms with Gasteiger partial charge in [-0.1, -0.05) is 55.5 Å². The quantitative estimate of drug-likeness (QED) is 0.904. The van der Waals surface area contributed by atoms with E-state index < -0.39 is 10.0 Å². The average Bonchev–Trinajstić information content (AvgIpc) is 3.00. The maximum atomic E-state index is 13.1. The molecule has 1 aliphatic heterocycles. The maximum Gasteiger partial charge on any atom is 0.243 e. The molecule has 0 saturated carbocycles. The van der Waals surface area contributed by atoms with Crippen molar-refractivity contribution in [2.24, 2.45) is 11.1 Å². The summed E-state index contributed by atoms with van der Waals surface area (Å²) in [6, 6.07) is 16.8. The van der Waals surface area contributed by atoms with Crippen LogP contribution >= 0.6 is 12.4 Å². The van der Waals surface area contributed by atoms with E-state index >= 15 is 0 Å². The van der Waals surface area contributed by atoms with Crippen molar-refractivity contribution >= 4 is 22.4 Å². The third-order valence-corrected chi connectivity index (χ3v) is 6.51. The molecule has 0 radical (unpaired) electrons. The van der Waals surface area contributed by atoms with Crippen molar-refractivity contribution in [2.75, 3.05) is 19.6 Å². The van der Waals surface area contributed by atoms with Crippen LogP contribution in [-0.2, 0) is 10.0 Å². The largest absolute Gasteiger partial charge is 0.330 e. The van der Waals surface area contributed by atoms with Crippen molar-refractivity contribution < 1.29 is 8.42 Å². The van der Waals surface area contributed by atoms with E-state index in [0.717, 1.165) is 17.5 Å². The summed E-state index contributed by atoms with van der Waals surface area (Å²) in [4.78, 5) is 0.368. The molecule has 0 aromatic heterocycles. The van der Waals surface area contributed by atoms with Crippen LogP contribution in [0.4, 0.5) is 0 Å². The molecule has 130 valence electrons. The molecule has 1 saturated heterocycles. The highest BCUT2D eigenvalue weighted by atomic mass is 35.5. The number of rotatable bonds is 4. The molecule has 1 unspecified atom stereocenters. The van der Waals surface area contributed by atoms with Gasteiger partial charge in [-0.3, -0.25) is 0 Å². The second-order valence-electron chi connectivity index (χ2n) is 6.47. The van der Waals surface area contributed by atoms with Crippen LogP contribution in [0.25, 0.3) is 11.1 Å². The molecule has 2 N–H and O–H groups in total. The van der Waals surface area contributed by atoms with Gasteiger partial charge in [-0.2, -0.15) is 4.31 Å². The highest BCUT2D eigenvalue weighted by Crippen LogP contribution is 2.35. The topological polar surface area (TPSA) is 63.4 Å². The lowest BCUT2D eigenvalue weighted by atomic mass is 9.90. The highest BCUT2D eigenvalue weighted by Gasteiger charge is 2.39. The van der Waals surface area contributed by atoms with Gasteiger partial charge in [-0.05, 0) is 30.0 Å². The van der Waals surface area contributed by atoms with Gasteiger partial charge in [-0.15, -0.1) is 12.4 Å².